The van der Waals surface area contributed by atoms with E-state index in [1.54, 1.807) is 12.1 Å². The maximum absolute atomic E-state index is 9.36. The quantitative estimate of drug-likeness (QED) is 0.547. The zero-order chi connectivity index (χ0) is 17.7. The van der Waals surface area contributed by atoms with Crippen LogP contribution in [0.2, 0.25) is 0 Å². The molecule has 5 rings (SSSR count). The van der Waals surface area contributed by atoms with E-state index in [-0.39, 0.29) is 0 Å². The topological polar surface area (TPSA) is 45.4 Å². The van der Waals surface area contributed by atoms with Gasteiger partial charge in [-0.25, -0.2) is 0 Å². The van der Waals surface area contributed by atoms with E-state index in [1.807, 2.05) is 12.1 Å². The van der Waals surface area contributed by atoms with Gasteiger partial charge in [-0.2, -0.15) is 0 Å². The van der Waals surface area contributed by atoms with Crippen LogP contribution >= 0.6 is 0 Å². The summed E-state index contributed by atoms with van der Waals surface area (Å²) in [5, 5.41) is 25.1. The Morgan fingerprint density at radius 2 is 1.58 bits per heavy atom. The standard InChI is InChI=1S/C22H18BNO2/c25-23(26)16-10-12-17(13-11-16)24-20-8-4-3-7-19(20)22-18-6-2-1-5-15(18)9-14-21(22)24/h1-2,5-14,25-26H,3-4H2. The van der Waals surface area contributed by atoms with Crippen LogP contribution in [0.3, 0.4) is 0 Å². The van der Waals surface area contributed by atoms with Gasteiger partial charge in [-0.3, -0.25) is 0 Å². The number of nitrogens with zero attached hydrogens (tertiary/aromatic N) is 1. The number of rotatable bonds is 2. The van der Waals surface area contributed by atoms with Gasteiger partial charge in [0.05, 0.1) is 5.52 Å². The summed E-state index contributed by atoms with van der Waals surface area (Å²) in [6.45, 7) is 0. The van der Waals surface area contributed by atoms with Crippen LogP contribution in [0.5, 0.6) is 0 Å². The molecule has 0 spiro atoms. The predicted octanol–water partition coefficient (Wildman–Crippen LogP) is 1.82. The zero-order valence-electron chi connectivity index (χ0n) is 14.3. The van der Waals surface area contributed by atoms with E-state index in [9.17, 15) is 10.0 Å². The molecule has 0 saturated carbocycles. The SMILES string of the molecule is OB(O)c1ccc(-n2c3c(c4c5ccccc5ccc42)=CCCC=3)cc1. The monoisotopic (exact) mass is 339 g/mol. The molecule has 1 heterocycles. The summed E-state index contributed by atoms with van der Waals surface area (Å²) in [7, 11) is -1.44. The van der Waals surface area contributed by atoms with E-state index in [1.165, 1.54) is 32.2 Å². The molecule has 3 aromatic carbocycles. The lowest BCUT2D eigenvalue weighted by molar-refractivity contribution is 0.426. The lowest BCUT2D eigenvalue weighted by Crippen LogP contribution is -2.31. The van der Waals surface area contributed by atoms with Crippen LogP contribution in [-0.4, -0.2) is 21.7 Å². The third-order valence-corrected chi connectivity index (χ3v) is 5.24. The minimum absolute atomic E-state index is 0.500. The summed E-state index contributed by atoms with van der Waals surface area (Å²) in [5.74, 6) is 0. The van der Waals surface area contributed by atoms with Crippen molar-refractivity contribution in [3.63, 3.8) is 0 Å². The van der Waals surface area contributed by atoms with Gasteiger partial charge in [0.1, 0.15) is 0 Å². The first kappa shape index (κ1) is 15.4. The highest BCUT2D eigenvalue weighted by molar-refractivity contribution is 6.58. The molecule has 0 radical (unpaired) electrons. The number of hydrogen-bond acceptors (Lipinski definition) is 2. The van der Waals surface area contributed by atoms with Gasteiger partial charge in [-0.05, 0) is 47.3 Å². The zero-order valence-corrected chi connectivity index (χ0v) is 14.3. The lowest BCUT2D eigenvalue weighted by atomic mass is 9.80. The normalized spacial score (nSPS) is 13.3. The fraction of sp³-hybridized carbons (Fsp3) is 0.0909. The van der Waals surface area contributed by atoms with Crippen molar-refractivity contribution in [3.05, 3.63) is 71.2 Å². The van der Waals surface area contributed by atoms with E-state index in [2.05, 4.69) is 53.1 Å². The molecule has 1 aromatic heterocycles. The fourth-order valence-corrected chi connectivity index (χ4v) is 4.04. The summed E-state index contributed by atoms with van der Waals surface area (Å²) in [6, 6.07) is 20.3. The maximum Gasteiger partial charge on any atom is 0.488 e. The molecule has 2 N–H and O–H groups in total. The second-order valence-electron chi connectivity index (χ2n) is 6.77. The summed E-state index contributed by atoms with van der Waals surface area (Å²) < 4.78 is 2.28. The van der Waals surface area contributed by atoms with Crippen LogP contribution in [0.15, 0.2) is 60.7 Å². The van der Waals surface area contributed by atoms with Gasteiger partial charge in [0.25, 0.3) is 0 Å². The Hall–Kier alpha value is -2.82. The Kier molecular flexibility index (Phi) is 3.49. The van der Waals surface area contributed by atoms with E-state index in [0.717, 1.165) is 18.5 Å². The molecule has 0 saturated heterocycles. The second kappa shape index (κ2) is 5.87. The van der Waals surface area contributed by atoms with Crippen LogP contribution in [-0.2, 0) is 0 Å². The summed E-state index contributed by atoms with van der Waals surface area (Å²) in [5.41, 5.74) is 2.71. The molecule has 3 nitrogen and oxygen atoms in total. The largest absolute Gasteiger partial charge is 0.488 e. The van der Waals surface area contributed by atoms with Crippen molar-refractivity contribution in [2.75, 3.05) is 0 Å². The molecule has 0 fully saturated rings. The minimum atomic E-state index is -1.44. The Bertz CT molecular complexity index is 1250. The highest BCUT2D eigenvalue weighted by atomic mass is 16.4. The first-order valence-corrected chi connectivity index (χ1v) is 8.93. The van der Waals surface area contributed by atoms with Gasteiger partial charge >= 0.3 is 7.12 Å². The second-order valence-corrected chi connectivity index (χ2v) is 6.77. The Morgan fingerprint density at radius 3 is 2.38 bits per heavy atom. The van der Waals surface area contributed by atoms with Gasteiger partial charge < -0.3 is 14.6 Å². The average molecular weight is 339 g/mol. The Morgan fingerprint density at radius 1 is 0.808 bits per heavy atom. The summed E-state index contributed by atoms with van der Waals surface area (Å²) >= 11 is 0. The molecule has 1 aliphatic rings. The number of aromatic nitrogens is 1. The average Bonchev–Trinajstić information content (AvgIpc) is 3.03. The molecular formula is C22H18BNO2. The van der Waals surface area contributed by atoms with Crippen LogP contribution in [0, 0.1) is 0 Å². The molecule has 1 aliphatic carbocycles. The first-order chi connectivity index (χ1) is 12.7. The molecule has 0 unspecified atom stereocenters. The first-order valence-electron chi connectivity index (χ1n) is 8.93. The maximum atomic E-state index is 9.36. The Labute approximate surface area is 151 Å². The van der Waals surface area contributed by atoms with Crippen molar-refractivity contribution in [1.29, 1.82) is 0 Å². The van der Waals surface area contributed by atoms with Gasteiger partial charge in [0.2, 0.25) is 0 Å². The van der Waals surface area contributed by atoms with Crippen molar-refractivity contribution < 1.29 is 10.0 Å². The lowest BCUT2D eigenvalue weighted by Gasteiger charge is -2.09. The van der Waals surface area contributed by atoms with E-state index in [0.29, 0.717) is 5.46 Å². The highest BCUT2D eigenvalue weighted by Crippen LogP contribution is 2.24. The van der Waals surface area contributed by atoms with Gasteiger partial charge in [0.15, 0.2) is 0 Å². The van der Waals surface area contributed by atoms with Gasteiger partial charge in [-0.1, -0.05) is 54.6 Å². The van der Waals surface area contributed by atoms with E-state index in [4.69, 9.17) is 0 Å². The van der Waals surface area contributed by atoms with E-state index >= 15 is 0 Å². The number of benzene rings is 3. The van der Waals surface area contributed by atoms with Crippen LogP contribution in [0.25, 0.3) is 39.5 Å². The summed E-state index contributed by atoms with van der Waals surface area (Å²) in [4.78, 5) is 0. The van der Waals surface area contributed by atoms with Crippen molar-refractivity contribution in [2.45, 2.75) is 12.8 Å². The molecule has 0 aliphatic heterocycles. The van der Waals surface area contributed by atoms with Gasteiger partial charge in [-0.15, -0.1) is 0 Å². The van der Waals surface area contributed by atoms with Crippen molar-refractivity contribution >= 4 is 46.4 Å². The Balaban J connectivity index is 1.90. The number of fused-ring (bicyclic) bond motifs is 5. The molecule has 0 bridgehead atoms. The predicted molar refractivity (Wildman–Crippen MR) is 108 cm³/mol. The number of hydrogen-bond donors (Lipinski definition) is 2. The fourth-order valence-electron chi connectivity index (χ4n) is 4.04. The minimum Gasteiger partial charge on any atom is -0.423 e. The van der Waals surface area contributed by atoms with Crippen LogP contribution in [0.1, 0.15) is 12.8 Å². The van der Waals surface area contributed by atoms with Crippen molar-refractivity contribution in [1.82, 2.24) is 4.57 Å². The van der Waals surface area contributed by atoms with E-state index < -0.39 is 7.12 Å². The molecule has 4 heteroatoms. The smallest absolute Gasteiger partial charge is 0.423 e. The third-order valence-electron chi connectivity index (χ3n) is 5.24. The molecule has 126 valence electrons. The van der Waals surface area contributed by atoms with Gasteiger partial charge in [0, 0.05) is 21.6 Å². The van der Waals surface area contributed by atoms with Crippen molar-refractivity contribution in [2.24, 2.45) is 0 Å². The van der Waals surface area contributed by atoms with Crippen LogP contribution in [0.4, 0.5) is 0 Å². The third kappa shape index (κ3) is 2.23. The highest BCUT2D eigenvalue weighted by Gasteiger charge is 2.15. The summed E-state index contributed by atoms with van der Waals surface area (Å²) in [6.07, 6.45) is 6.74. The molecular weight excluding hydrogens is 321 g/mol. The molecule has 4 aromatic rings. The molecule has 26 heavy (non-hydrogen) atoms. The molecule has 0 amide bonds. The molecule has 0 atom stereocenters. The van der Waals surface area contributed by atoms with Crippen molar-refractivity contribution in [3.8, 4) is 5.69 Å². The van der Waals surface area contributed by atoms with Crippen LogP contribution < -0.4 is 16.0 Å².